The van der Waals surface area contributed by atoms with Crippen LogP contribution < -0.4 is 4.74 Å². The normalized spacial score (nSPS) is 11.5. The van der Waals surface area contributed by atoms with Gasteiger partial charge in [0.15, 0.2) is 0 Å². The Kier molecular flexibility index (Phi) is 5.32. The van der Waals surface area contributed by atoms with E-state index < -0.39 is 11.7 Å². The van der Waals surface area contributed by atoms with Gasteiger partial charge in [0.1, 0.15) is 18.0 Å². The van der Waals surface area contributed by atoms with Gasteiger partial charge < -0.3 is 9.47 Å². The topological polar surface area (TPSA) is 53.4 Å². The van der Waals surface area contributed by atoms with Crippen molar-refractivity contribution in [3.63, 3.8) is 0 Å². The summed E-state index contributed by atoms with van der Waals surface area (Å²) in [5, 5.41) is 5.78. The largest absolute Gasteiger partial charge is 0.489 e. The number of carbonyl (C=O) groups excluding carboxylic acids is 1. The second-order valence-corrected chi connectivity index (χ2v) is 7.49. The van der Waals surface area contributed by atoms with Crippen LogP contribution in [0.15, 0.2) is 48.5 Å². The van der Waals surface area contributed by atoms with E-state index in [9.17, 15) is 4.79 Å². The van der Waals surface area contributed by atoms with Crippen LogP contribution in [0.2, 0.25) is 0 Å². The fourth-order valence-electron chi connectivity index (χ4n) is 2.53. The standard InChI is InChI=1S/C20H21BrN2O3/c1-20(2,3)26-19(24)23-18-10-9-15(11-16(18)17(12-21)22-23)25-13-14-7-5-4-6-8-14/h4-11H,12-13H2,1-3H3. The summed E-state index contributed by atoms with van der Waals surface area (Å²) < 4.78 is 12.6. The number of alkyl halides is 1. The van der Waals surface area contributed by atoms with Crippen molar-refractivity contribution in [2.45, 2.75) is 38.3 Å². The van der Waals surface area contributed by atoms with Crippen molar-refractivity contribution in [3.05, 3.63) is 59.8 Å². The molecule has 0 aliphatic carbocycles. The molecule has 0 spiro atoms. The van der Waals surface area contributed by atoms with E-state index >= 15 is 0 Å². The average Bonchev–Trinajstić information content (AvgIpc) is 2.97. The molecular formula is C20H21BrN2O3. The van der Waals surface area contributed by atoms with E-state index in [2.05, 4.69) is 21.0 Å². The molecule has 0 unspecified atom stereocenters. The Bertz CT molecular complexity index is 914. The van der Waals surface area contributed by atoms with Crippen molar-refractivity contribution in [1.29, 1.82) is 0 Å². The summed E-state index contributed by atoms with van der Waals surface area (Å²) in [6.45, 7) is 5.97. The SMILES string of the molecule is CC(C)(C)OC(=O)n1nc(CBr)c2cc(OCc3ccccc3)ccc21. The average molecular weight is 417 g/mol. The van der Waals surface area contributed by atoms with Gasteiger partial charge in [-0.15, -0.1) is 0 Å². The number of halogens is 1. The molecule has 3 aromatic rings. The Hall–Kier alpha value is -2.34. The van der Waals surface area contributed by atoms with Gasteiger partial charge in [0.2, 0.25) is 0 Å². The monoisotopic (exact) mass is 416 g/mol. The maximum absolute atomic E-state index is 12.4. The van der Waals surface area contributed by atoms with Crippen LogP contribution in [-0.4, -0.2) is 21.5 Å². The van der Waals surface area contributed by atoms with Gasteiger partial charge >= 0.3 is 6.09 Å². The number of fused-ring (bicyclic) bond motifs is 1. The number of aromatic nitrogens is 2. The summed E-state index contributed by atoms with van der Waals surface area (Å²) in [5.41, 5.74) is 1.97. The summed E-state index contributed by atoms with van der Waals surface area (Å²) in [6, 6.07) is 15.5. The van der Waals surface area contributed by atoms with Gasteiger partial charge in [0.05, 0.1) is 11.2 Å². The summed E-state index contributed by atoms with van der Waals surface area (Å²) in [4.78, 5) is 12.4. The first-order chi connectivity index (χ1) is 12.4. The fourth-order valence-corrected chi connectivity index (χ4v) is 2.95. The van der Waals surface area contributed by atoms with Gasteiger partial charge in [0.25, 0.3) is 0 Å². The van der Waals surface area contributed by atoms with Gasteiger partial charge in [-0.3, -0.25) is 0 Å². The lowest BCUT2D eigenvalue weighted by molar-refractivity contribution is 0.0522. The van der Waals surface area contributed by atoms with Crippen LogP contribution in [-0.2, 0) is 16.7 Å². The molecule has 0 aliphatic rings. The molecular weight excluding hydrogens is 396 g/mol. The molecule has 26 heavy (non-hydrogen) atoms. The molecule has 3 rings (SSSR count). The molecule has 1 aromatic heterocycles. The predicted octanol–water partition coefficient (Wildman–Crippen LogP) is 5.29. The van der Waals surface area contributed by atoms with Crippen LogP contribution in [0.5, 0.6) is 5.75 Å². The van der Waals surface area contributed by atoms with Crippen molar-refractivity contribution >= 4 is 32.9 Å². The maximum atomic E-state index is 12.4. The third kappa shape index (κ3) is 4.25. The second-order valence-electron chi connectivity index (χ2n) is 6.93. The molecule has 136 valence electrons. The van der Waals surface area contributed by atoms with Crippen molar-refractivity contribution < 1.29 is 14.3 Å². The number of benzene rings is 2. The van der Waals surface area contributed by atoms with Crippen molar-refractivity contribution in [1.82, 2.24) is 9.78 Å². The van der Waals surface area contributed by atoms with Gasteiger partial charge in [-0.2, -0.15) is 9.78 Å². The van der Waals surface area contributed by atoms with E-state index in [1.807, 2.05) is 69.3 Å². The molecule has 0 saturated heterocycles. The zero-order chi connectivity index (χ0) is 18.7. The number of hydrogen-bond donors (Lipinski definition) is 0. The molecule has 6 heteroatoms. The van der Waals surface area contributed by atoms with Gasteiger partial charge in [0, 0.05) is 10.7 Å². The third-order valence-corrected chi connectivity index (χ3v) is 4.20. The smallest absolute Gasteiger partial charge is 0.435 e. The number of rotatable bonds is 4. The minimum Gasteiger partial charge on any atom is -0.489 e. The molecule has 0 atom stereocenters. The fraction of sp³-hybridized carbons (Fsp3) is 0.300. The van der Waals surface area contributed by atoms with Crippen LogP contribution >= 0.6 is 15.9 Å². The predicted molar refractivity (Wildman–Crippen MR) is 105 cm³/mol. The summed E-state index contributed by atoms with van der Waals surface area (Å²) in [7, 11) is 0. The highest BCUT2D eigenvalue weighted by atomic mass is 79.9. The number of ether oxygens (including phenoxy) is 2. The van der Waals surface area contributed by atoms with Crippen LogP contribution in [0.3, 0.4) is 0 Å². The summed E-state index contributed by atoms with van der Waals surface area (Å²) in [6.07, 6.45) is -0.493. The molecule has 0 saturated carbocycles. The second kappa shape index (κ2) is 7.50. The van der Waals surface area contributed by atoms with E-state index in [-0.39, 0.29) is 0 Å². The zero-order valence-corrected chi connectivity index (χ0v) is 16.6. The lowest BCUT2D eigenvalue weighted by Crippen LogP contribution is -2.27. The maximum Gasteiger partial charge on any atom is 0.435 e. The molecule has 0 fully saturated rings. The lowest BCUT2D eigenvalue weighted by Gasteiger charge is -2.19. The molecule has 0 radical (unpaired) electrons. The Morgan fingerprint density at radius 1 is 1.15 bits per heavy atom. The lowest BCUT2D eigenvalue weighted by atomic mass is 10.2. The third-order valence-electron chi connectivity index (χ3n) is 3.67. The first-order valence-electron chi connectivity index (χ1n) is 8.35. The highest BCUT2D eigenvalue weighted by Crippen LogP contribution is 2.27. The van der Waals surface area contributed by atoms with Gasteiger partial charge in [-0.25, -0.2) is 4.79 Å². The first kappa shape index (κ1) is 18.5. The van der Waals surface area contributed by atoms with E-state index in [1.54, 1.807) is 0 Å². The number of nitrogens with zero attached hydrogens (tertiary/aromatic N) is 2. The molecule has 1 heterocycles. The van der Waals surface area contributed by atoms with Crippen molar-refractivity contribution in [3.8, 4) is 5.75 Å². The highest BCUT2D eigenvalue weighted by Gasteiger charge is 2.22. The molecule has 0 N–H and O–H groups in total. The van der Waals surface area contributed by atoms with Crippen LogP contribution in [0, 0.1) is 0 Å². The molecule has 0 amide bonds. The minimum atomic E-state index is -0.581. The Labute approximate surface area is 161 Å². The minimum absolute atomic E-state index is 0.482. The van der Waals surface area contributed by atoms with Crippen LogP contribution in [0.25, 0.3) is 10.9 Å². The van der Waals surface area contributed by atoms with Gasteiger partial charge in [-0.05, 0) is 44.5 Å². The van der Waals surface area contributed by atoms with E-state index in [4.69, 9.17) is 9.47 Å². The van der Waals surface area contributed by atoms with Crippen LogP contribution in [0.4, 0.5) is 4.79 Å². The van der Waals surface area contributed by atoms with E-state index in [0.717, 1.165) is 22.4 Å². The Balaban J connectivity index is 1.88. The molecule has 0 bridgehead atoms. The Morgan fingerprint density at radius 2 is 1.88 bits per heavy atom. The van der Waals surface area contributed by atoms with Crippen LogP contribution in [0.1, 0.15) is 32.0 Å². The summed E-state index contributed by atoms with van der Waals surface area (Å²) >= 11 is 3.43. The molecule has 2 aromatic carbocycles. The van der Waals surface area contributed by atoms with E-state index in [0.29, 0.717) is 17.5 Å². The number of hydrogen-bond acceptors (Lipinski definition) is 4. The molecule has 0 aliphatic heterocycles. The summed E-state index contributed by atoms with van der Waals surface area (Å²) in [5.74, 6) is 0.729. The number of carbonyl (C=O) groups is 1. The van der Waals surface area contributed by atoms with Crippen molar-refractivity contribution in [2.75, 3.05) is 0 Å². The zero-order valence-electron chi connectivity index (χ0n) is 15.0. The first-order valence-corrected chi connectivity index (χ1v) is 9.47. The quantitative estimate of drug-likeness (QED) is 0.541. The molecule has 5 nitrogen and oxygen atoms in total. The Morgan fingerprint density at radius 3 is 2.54 bits per heavy atom. The van der Waals surface area contributed by atoms with Crippen molar-refractivity contribution in [2.24, 2.45) is 0 Å². The highest BCUT2D eigenvalue weighted by molar-refractivity contribution is 9.08. The van der Waals surface area contributed by atoms with E-state index in [1.165, 1.54) is 4.68 Å². The van der Waals surface area contributed by atoms with Gasteiger partial charge in [-0.1, -0.05) is 46.3 Å².